The summed E-state index contributed by atoms with van der Waals surface area (Å²) in [4.78, 5) is 3.87. The third-order valence-electron chi connectivity index (χ3n) is 2.93. The molecule has 2 aromatic rings. The minimum absolute atomic E-state index is 0.298. The Morgan fingerprint density at radius 2 is 2.21 bits per heavy atom. The zero-order chi connectivity index (χ0) is 14.0. The van der Waals surface area contributed by atoms with Gasteiger partial charge in [-0.3, -0.25) is 9.67 Å². The van der Waals surface area contributed by atoms with Gasteiger partial charge in [0.2, 0.25) is 0 Å². The normalized spacial score (nSPS) is 12.7. The number of rotatable bonds is 4. The molecule has 2 heterocycles. The fraction of sp³-hybridized carbons (Fsp3) is 0.385. The molecule has 0 aliphatic rings. The van der Waals surface area contributed by atoms with Crippen molar-refractivity contribution in [2.45, 2.75) is 32.9 Å². The molecule has 0 aromatic carbocycles. The Labute approximate surface area is 115 Å². The summed E-state index contributed by atoms with van der Waals surface area (Å²) in [5, 5.41) is 15.0. The first-order chi connectivity index (χ1) is 9.02. The number of halogens is 2. The van der Waals surface area contributed by atoms with Gasteiger partial charge >= 0.3 is 0 Å². The monoisotopic (exact) mass is 283 g/mol. The smallest absolute Gasteiger partial charge is 0.141 e. The van der Waals surface area contributed by atoms with Crippen LogP contribution in [0.3, 0.4) is 0 Å². The van der Waals surface area contributed by atoms with E-state index in [-0.39, 0.29) is 0 Å². The van der Waals surface area contributed by atoms with Gasteiger partial charge in [0.15, 0.2) is 0 Å². The van der Waals surface area contributed by atoms with E-state index in [0.717, 1.165) is 17.6 Å². The van der Waals surface area contributed by atoms with Crippen LogP contribution in [0.25, 0.3) is 0 Å². The minimum atomic E-state index is -0.834. The fourth-order valence-electron chi connectivity index (χ4n) is 1.94. The average Bonchev–Trinajstić information content (AvgIpc) is 2.67. The lowest BCUT2D eigenvalue weighted by Crippen LogP contribution is -2.10. The van der Waals surface area contributed by atoms with Crippen LogP contribution in [0.5, 0.6) is 0 Å². The summed E-state index contributed by atoms with van der Waals surface area (Å²) in [5.74, 6) is -0.427. The highest BCUT2D eigenvalue weighted by Crippen LogP contribution is 2.25. The number of aromatic nitrogens is 3. The fourth-order valence-corrected chi connectivity index (χ4v) is 2.15. The van der Waals surface area contributed by atoms with Gasteiger partial charge in [-0.05, 0) is 26.0 Å². The second-order valence-corrected chi connectivity index (χ2v) is 4.66. The maximum Gasteiger partial charge on any atom is 0.141 e. The highest BCUT2D eigenvalue weighted by molar-refractivity contribution is 6.31. The van der Waals surface area contributed by atoms with Crippen molar-refractivity contribution < 1.29 is 9.50 Å². The molecule has 0 amide bonds. The summed E-state index contributed by atoms with van der Waals surface area (Å²) < 4.78 is 14.5. The Kier molecular flexibility index (Phi) is 4.17. The molecule has 0 aliphatic heterocycles. The Bertz CT molecular complexity index is 568. The van der Waals surface area contributed by atoms with Crippen molar-refractivity contribution in [1.82, 2.24) is 14.8 Å². The zero-order valence-corrected chi connectivity index (χ0v) is 11.5. The third-order valence-corrected chi connectivity index (χ3v) is 3.42. The SMILES string of the molecule is CCn1nc(C)c(Cl)c1CC(O)c1ccc(F)cn1. The molecule has 0 fully saturated rings. The predicted octanol–water partition coefficient (Wildman–Crippen LogP) is 2.68. The number of hydrogen-bond donors (Lipinski definition) is 1. The van der Waals surface area contributed by atoms with Gasteiger partial charge in [0.05, 0.1) is 28.3 Å². The van der Waals surface area contributed by atoms with Crippen LogP contribution in [0, 0.1) is 12.7 Å². The number of hydrogen-bond acceptors (Lipinski definition) is 3. The number of aliphatic hydroxyl groups is 1. The van der Waals surface area contributed by atoms with Crippen molar-refractivity contribution in [2.24, 2.45) is 0 Å². The van der Waals surface area contributed by atoms with Crippen molar-refractivity contribution in [3.8, 4) is 0 Å². The molecule has 1 atom stereocenters. The first kappa shape index (κ1) is 14.0. The molecular formula is C13H15ClFN3O. The van der Waals surface area contributed by atoms with Gasteiger partial charge in [0.25, 0.3) is 0 Å². The molecule has 6 heteroatoms. The van der Waals surface area contributed by atoms with Crippen molar-refractivity contribution in [1.29, 1.82) is 0 Å². The van der Waals surface area contributed by atoms with Crippen LogP contribution in [0.2, 0.25) is 5.02 Å². The molecule has 0 spiro atoms. The molecule has 19 heavy (non-hydrogen) atoms. The van der Waals surface area contributed by atoms with E-state index < -0.39 is 11.9 Å². The van der Waals surface area contributed by atoms with Crippen LogP contribution in [-0.2, 0) is 13.0 Å². The van der Waals surface area contributed by atoms with E-state index in [0.29, 0.717) is 23.7 Å². The molecule has 0 saturated heterocycles. The van der Waals surface area contributed by atoms with E-state index in [9.17, 15) is 9.50 Å². The Morgan fingerprint density at radius 1 is 1.47 bits per heavy atom. The summed E-state index contributed by atoms with van der Waals surface area (Å²) in [6.07, 6.45) is 0.550. The van der Waals surface area contributed by atoms with Gasteiger partial charge in [0, 0.05) is 13.0 Å². The van der Waals surface area contributed by atoms with Gasteiger partial charge < -0.3 is 5.11 Å². The maximum absolute atomic E-state index is 12.8. The van der Waals surface area contributed by atoms with Crippen molar-refractivity contribution in [3.05, 3.63) is 46.3 Å². The number of aryl methyl sites for hydroxylation is 2. The topological polar surface area (TPSA) is 50.9 Å². The van der Waals surface area contributed by atoms with Gasteiger partial charge in [0.1, 0.15) is 11.9 Å². The molecule has 1 unspecified atom stereocenters. The van der Waals surface area contributed by atoms with Gasteiger partial charge in [-0.2, -0.15) is 5.10 Å². The van der Waals surface area contributed by atoms with E-state index in [4.69, 9.17) is 11.6 Å². The van der Waals surface area contributed by atoms with Crippen LogP contribution in [0.1, 0.15) is 30.1 Å². The van der Waals surface area contributed by atoms with Crippen LogP contribution in [-0.4, -0.2) is 19.9 Å². The average molecular weight is 284 g/mol. The molecule has 0 aliphatic carbocycles. The van der Waals surface area contributed by atoms with E-state index in [1.807, 2.05) is 13.8 Å². The second kappa shape index (κ2) is 5.67. The molecule has 0 radical (unpaired) electrons. The lowest BCUT2D eigenvalue weighted by Gasteiger charge is -2.11. The largest absolute Gasteiger partial charge is 0.386 e. The van der Waals surface area contributed by atoms with Crippen LogP contribution in [0.4, 0.5) is 4.39 Å². The second-order valence-electron chi connectivity index (χ2n) is 4.28. The predicted molar refractivity (Wildman–Crippen MR) is 70.5 cm³/mol. The summed E-state index contributed by atoms with van der Waals surface area (Å²) in [6, 6.07) is 2.74. The zero-order valence-electron chi connectivity index (χ0n) is 10.8. The van der Waals surface area contributed by atoms with Gasteiger partial charge in [-0.15, -0.1) is 0 Å². The van der Waals surface area contributed by atoms with E-state index in [1.54, 1.807) is 4.68 Å². The third kappa shape index (κ3) is 2.93. The summed E-state index contributed by atoms with van der Waals surface area (Å²) in [6.45, 7) is 4.45. The van der Waals surface area contributed by atoms with Crippen molar-refractivity contribution in [3.63, 3.8) is 0 Å². The molecule has 4 nitrogen and oxygen atoms in total. The number of pyridine rings is 1. The molecule has 102 valence electrons. The first-order valence-corrected chi connectivity index (χ1v) is 6.42. The van der Waals surface area contributed by atoms with E-state index >= 15 is 0 Å². The molecular weight excluding hydrogens is 269 g/mol. The lowest BCUT2D eigenvalue weighted by molar-refractivity contribution is 0.170. The Balaban J connectivity index is 2.23. The van der Waals surface area contributed by atoms with Gasteiger partial charge in [-0.25, -0.2) is 4.39 Å². The summed E-state index contributed by atoms with van der Waals surface area (Å²) >= 11 is 6.17. The van der Waals surface area contributed by atoms with Crippen molar-refractivity contribution in [2.75, 3.05) is 0 Å². The molecule has 2 rings (SSSR count). The highest BCUT2D eigenvalue weighted by atomic mass is 35.5. The molecule has 0 bridgehead atoms. The van der Waals surface area contributed by atoms with Crippen molar-refractivity contribution >= 4 is 11.6 Å². The standard InChI is InChI=1S/C13H15ClFN3O/c1-3-18-11(13(14)8(2)17-18)6-12(19)10-5-4-9(15)7-16-10/h4-5,7,12,19H,3,6H2,1-2H3. The van der Waals surface area contributed by atoms with E-state index in [1.165, 1.54) is 12.1 Å². The Hall–Kier alpha value is -1.46. The van der Waals surface area contributed by atoms with Crippen LogP contribution in [0.15, 0.2) is 18.3 Å². The van der Waals surface area contributed by atoms with Crippen LogP contribution >= 0.6 is 11.6 Å². The summed E-state index contributed by atoms with van der Waals surface area (Å²) in [5.41, 5.74) is 1.91. The van der Waals surface area contributed by atoms with Gasteiger partial charge in [-0.1, -0.05) is 11.6 Å². The molecule has 1 N–H and O–H groups in total. The molecule has 2 aromatic heterocycles. The highest BCUT2D eigenvalue weighted by Gasteiger charge is 2.18. The first-order valence-electron chi connectivity index (χ1n) is 6.04. The van der Waals surface area contributed by atoms with E-state index in [2.05, 4.69) is 10.1 Å². The number of aliphatic hydroxyl groups excluding tert-OH is 1. The molecule has 0 saturated carbocycles. The number of nitrogens with zero attached hydrogens (tertiary/aromatic N) is 3. The quantitative estimate of drug-likeness (QED) is 0.938. The summed E-state index contributed by atoms with van der Waals surface area (Å²) in [7, 11) is 0. The Morgan fingerprint density at radius 3 is 2.79 bits per heavy atom. The minimum Gasteiger partial charge on any atom is -0.386 e. The van der Waals surface area contributed by atoms with Crippen LogP contribution < -0.4 is 0 Å². The maximum atomic E-state index is 12.8. The lowest BCUT2D eigenvalue weighted by atomic mass is 10.1.